The topological polar surface area (TPSA) is 105 Å². The Balaban J connectivity index is 1.38. The highest BCUT2D eigenvalue weighted by molar-refractivity contribution is 5.70. The molecular weight excluding hydrogens is 408 g/mol. The monoisotopic (exact) mass is 436 g/mol. The van der Waals surface area contributed by atoms with E-state index in [1.807, 2.05) is 36.4 Å². The molecule has 0 saturated carbocycles. The summed E-state index contributed by atoms with van der Waals surface area (Å²) < 4.78 is 5.37. The van der Waals surface area contributed by atoms with Crippen molar-refractivity contribution in [2.45, 2.75) is 18.5 Å². The Morgan fingerprint density at radius 2 is 2.00 bits per heavy atom. The third-order valence-electron chi connectivity index (χ3n) is 5.64. The second kappa shape index (κ2) is 10.3. The average Bonchev–Trinajstić information content (AvgIpc) is 2.83. The van der Waals surface area contributed by atoms with Crippen LogP contribution < -0.4 is 10.6 Å². The second-order valence-electron chi connectivity index (χ2n) is 7.90. The van der Waals surface area contributed by atoms with Crippen LogP contribution in [0.1, 0.15) is 18.4 Å². The molecule has 32 heavy (non-hydrogen) atoms. The van der Waals surface area contributed by atoms with Crippen LogP contribution in [0.25, 0.3) is 5.57 Å². The number of ether oxygens (including phenoxy) is 1. The Morgan fingerprint density at radius 3 is 2.78 bits per heavy atom. The number of benzene rings is 1. The molecule has 2 N–H and O–H groups in total. The highest BCUT2D eigenvalue weighted by Gasteiger charge is 2.43. The van der Waals surface area contributed by atoms with Crippen molar-refractivity contribution in [1.82, 2.24) is 14.9 Å². The molecule has 2 heterocycles. The van der Waals surface area contributed by atoms with E-state index in [9.17, 15) is 10.1 Å². The zero-order chi connectivity index (χ0) is 22.2. The van der Waals surface area contributed by atoms with Crippen LogP contribution >= 0.6 is 0 Å². The number of hydrogen-bond acceptors (Lipinski definition) is 8. The molecule has 1 aromatic carbocycles. The Bertz CT molecular complexity index is 975. The third kappa shape index (κ3) is 5.49. The van der Waals surface area contributed by atoms with E-state index in [2.05, 4.69) is 25.5 Å². The van der Waals surface area contributed by atoms with E-state index in [-0.39, 0.29) is 17.3 Å². The summed E-state index contributed by atoms with van der Waals surface area (Å²) in [5.41, 5.74) is 0.339. The lowest BCUT2D eigenvalue weighted by molar-refractivity contribution is -0.545. The summed E-state index contributed by atoms with van der Waals surface area (Å²) >= 11 is 0. The maximum Gasteiger partial charge on any atom is 0.319 e. The van der Waals surface area contributed by atoms with Gasteiger partial charge in [-0.25, -0.2) is 4.98 Å². The maximum atomic E-state index is 12.1. The predicted octanol–water partition coefficient (Wildman–Crippen LogP) is 3.04. The molecule has 168 valence electrons. The molecule has 0 bridgehead atoms. The van der Waals surface area contributed by atoms with Crippen LogP contribution in [0.4, 0.5) is 11.8 Å². The molecule has 1 fully saturated rings. The fraction of sp³-hybridized carbons (Fsp3) is 0.391. The van der Waals surface area contributed by atoms with Gasteiger partial charge in [0.2, 0.25) is 5.95 Å². The average molecular weight is 437 g/mol. The number of rotatable bonds is 9. The molecule has 4 rings (SSSR count). The molecule has 0 radical (unpaired) electrons. The summed E-state index contributed by atoms with van der Waals surface area (Å²) in [5.74, 6) is 0.862. The molecule has 1 saturated heterocycles. The molecule has 1 aromatic heterocycles. The second-order valence-corrected chi connectivity index (χ2v) is 7.90. The maximum absolute atomic E-state index is 12.1. The number of anilines is 2. The van der Waals surface area contributed by atoms with Gasteiger partial charge in [-0.15, -0.1) is 0 Å². The molecule has 1 unspecified atom stereocenters. The molecule has 0 spiro atoms. The fourth-order valence-corrected chi connectivity index (χ4v) is 3.89. The molecule has 1 atom stereocenters. The quantitative estimate of drug-likeness (QED) is 0.267. The third-order valence-corrected chi connectivity index (χ3v) is 5.64. The minimum atomic E-state index is -1.51. The molecule has 1 aliphatic carbocycles. The van der Waals surface area contributed by atoms with Gasteiger partial charge < -0.3 is 10.1 Å². The highest BCUT2D eigenvalue weighted by atomic mass is 16.6. The predicted molar refractivity (Wildman–Crippen MR) is 124 cm³/mol. The summed E-state index contributed by atoms with van der Waals surface area (Å²) in [4.78, 5) is 22.8. The molecule has 2 aliphatic rings. The molecule has 9 nitrogen and oxygen atoms in total. The molecule has 0 amide bonds. The van der Waals surface area contributed by atoms with Crippen molar-refractivity contribution in [2.75, 3.05) is 50.0 Å². The van der Waals surface area contributed by atoms with Gasteiger partial charge in [0.25, 0.3) is 0 Å². The van der Waals surface area contributed by atoms with Gasteiger partial charge in [-0.3, -0.25) is 20.3 Å². The van der Waals surface area contributed by atoms with Gasteiger partial charge in [-0.1, -0.05) is 42.5 Å². The Hall–Kier alpha value is -3.30. The van der Waals surface area contributed by atoms with Crippen LogP contribution in [0, 0.1) is 10.1 Å². The zero-order valence-electron chi connectivity index (χ0n) is 17.9. The number of morpholine rings is 1. The van der Waals surface area contributed by atoms with Gasteiger partial charge in [-0.2, -0.15) is 4.98 Å². The lowest BCUT2D eigenvalue weighted by atomic mass is 9.90. The van der Waals surface area contributed by atoms with E-state index in [0.29, 0.717) is 5.82 Å². The van der Waals surface area contributed by atoms with Crippen LogP contribution in [0.15, 0.2) is 60.8 Å². The SMILES string of the molecule is O=[N+]([O-])C1(Nc2nccc(NCCCN3CCOCC3)n2)C=CC=C(c2ccccc2)C1. The minimum absolute atomic E-state index is 0.196. The molecular formula is C23H28N6O3. The largest absolute Gasteiger partial charge is 0.379 e. The normalized spacial score (nSPS) is 21.1. The zero-order valence-corrected chi connectivity index (χ0v) is 17.9. The van der Waals surface area contributed by atoms with Gasteiger partial charge in [0.15, 0.2) is 0 Å². The van der Waals surface area contributed by atoms with Gasteiger partial charge in [0, 0.05) is 31.9 Å². The van der Waals surface area contributed by atoms with Crippen molar-refractivity contribution in [3.8, 4) is 0 Å². The standard InChI is InChI=1S/C23H28N6O3/c30-29(31)23(10-4-8-20(18-23)19-6-2-1-3-7-19)27-22-25-12-9-21(26-22)24-11-5-13-28-14-16-32-17-15-28/h1-4,6-10,12H,5,11,13-18H2,(H2,24,25,26,27). The molecule has 2 aromatic rings. The van der Waals surface area contributed by atoms with Crippen LogP contribution in [0.3, 0.4) is 0 Å². The van der Waals surface area contributed by atoms with Crippen LogP contribution in [0.5, 0.6) is 0 Å². The van der Waals surface area contributed by atoms with Crippen molar-refractivity contribution in [3.05, 3.63) is 76.5 Å². The number of aromatic nitrogens is 2. The highest BCUT2D eigenvalue weighted by Crippen LogP contribution is 2.32. The van der Waals surface area contributed by atoms with E-state index in [0.717, 1.165) is 57.0 Å². The number of allylic oxidation sites excluding steroid dienone is 2. The van der Waals surface area contributed by atoms with E-state index in [1.54, 1.807) is 24.4 Å². The van der Waals surface area contributed by atoms with Crippen molar-refractivity contribution >= 4 is 17.3 Å². The van der Waals surface area contributed by atoms with Crippen LogP contribution in [0.2, 0.25) is 0 Å². The smallest absolute Gasteiger partial charge is 0.319 e. The minimum Gasteiger partial charge on any atom is -0.379 e. The number of nitro groups is 1. The Kier molecular flexibility index (Phi) is 7.08. The number of hydrogen-bond donors (Lipinski definition) is 2. The summed E-state index contributed by atoms with van der Waals surface area (Å²) in [5, 5.41) is 18.3. The van der Waals surface area contributed by atoms with Crippen LogP contribution in [-0.4, -0.2) is 64.8 Å². The first-order valence-corrected chi connectivity index (χ1v) is 10.9. The van der Waals surface area contributed by atoms with Crippen molar-refractivity contribution in [1.29, 1.82) is 0 Å². The summed E-state index contributed by atoms with van der Waals surface area (Å²) in [6.07, 6.45) is 7.96. The van der Waals surface area contributed by atoms with Gasteiger partial charge in [0.1, 0.15) is 5.82 Å². The number of nitrogens with zero attached hydrogens (tertiary/aromatic N) is 4. The summed E-state index contributed by atoms with van der Waals surface area (Å²) in [6, 6.07) is 11.4. The first-order chi connectivity index (χ1) is 15.6. The van der Waals surface area contributed by atoms with E-state index < -0.39 is 5.66 Å². The van der Waals surface area contributed by atoms with Crippen LogP contribution in [-0.2, 0) is 4.74 Å². The molecule has 9 heteroatoms. The van der Waals surface area contributed by atoms with E-state index in [4.69, 9.17) is 4.74 Å². The van der Waals surface area contributed by atoms with Crippen molar-refractivity contribution in [2.24, 2.45) is 0 Å². The lowest BCUT2D eigenvalue weighted by Gasteiger charge is -2.27. The van der Waals surface area contributed by atoms with Gasteiger partial charge >= 0.3 is 5.66 Å². The lowest BCUT2D eigenvalue weighted by Crippen LogP contribution is -2.45. The van der Waals surface area contributed by atoms with Crippen molar-refractivity contribution < 1.29 is 9.66 Å². The van der Waals surface area contributed by atoms with Gasteiger partial charge in [0.05, 0.1) is 24.6 Å². The van der Waals surface area contributed by atoms with E-state index in [1.165, 1.54) is 0 Å². The van der Waals surface area contributed by atoms with Gasteiger partial charge in [-0.05, 0) is 30.2 Å². The summed E-state index contributed by atoms with van der Waals surface area (Å²) in [7, 11) is 0. The Morgan fingerprint density at radius 1 is 1.19 bits per heavy atom. The first kappa shape index (κ1) is 21.9. The fourth-order valence-electron chi connectivity index (χ4n) is 3.89. The number of nitrogens with one attached hydrogen (secondary N) is 2. The van der Waals surface area contributed by atoms with E-state index >= 15 is 0 Å². The first-order valence-electron chi connectivity index (χ1n) is 10.9. The molecule has 1 aliphatic heterocycles. The van der Waals surface area contributed by atoms with Crippen molar-refractivity contribution in [3.63, 3.8) is 0 Å². The summed E-state index contributed by atoms with van der Waals surface area (Å²) in [6.45, 7) is 5.28. The Labute approximate surface area is 187 Å².